The number of anilines is 1. The molecule has 0 saturated carbocycles. The first-order valence-electron chi connectivity index (χ1n) is 13.8. The van der Waals surface area contributed by atoms with Crippen molar-refractivity contribution in [3.63, 3.8) is 0 Å². The summed E-state index contributed by atoms with van der Waals surface area (Å²) < 4.78 is 46.7. The predicted octanol–water partition coefficient (Wildman–Crippen LogP) is 5.81. The SMILES string of the molecule is COC(=O)c1cc2cc(CCc3cc(NC(=O)c4ccc(CN5CCN(C)CC5)c(C(F)(F)F)c4)ccc3Cl)cnc2[nH]1. The Labute approximate surface area is 251 Å². The number of aryl methyl sites for hydroxylation is 2. The number of fused-ring (bicyclic) bond motifs is 1. The highest BCUT2D eigenvalue weighted by atomic mass is 35.5. The van der Waals surface area contributed by atoms with E-state index in [-0.39, 0.29) is 17.7 Å². The molecule has 1 fully saturated rings. The molecule has 2 N–H and O–H groups in total. The van der Waals surface area contributed by atoms with Gasteiger partial charge < -0.3 is 19.9 Å². The van der Waals surface area contributed by atoms with Crippen LogP contribution >= 0.6 is 11.6 Å². The van der Waals surface area contributed by atoms with Crippen molar-refractivity contribution in [2.75, 3.05) is 45.7 Å². The third-order valence-electron chi connectivity index (χ3n) is 7.59. The number of ether oxygens (including phenoxy) is 1. The fraction of sp³-hybridized carbons (Fsp3) is 0.323. The number of hydrogen-bond acceptors (Lipinski definition) is 6. The van der Waals surface area contributed by atoms with Crippen molar-refractivity contribution in [2.45, 2.75) is 25.6 Å². The highest BCUT2D eigenvalue weighted by molar-refractivity contribution is 6.31. The number of nitrogens with one attached hydrogen (secondary N) is 2. The molecule has 1 aliphatic rings. The number of carbonyl (C=O) groups is 2. The lowest BCUT2D eigenvalue weighted by atomic mass is 10.0. The minimum atomic E-state index is -4.59. The Hall–Kier alpha value is -3.93. The van der Waals surface area contributed by atoms with E-state index in [0.717, 1.165) is 35.7 Å². The van der Waals surface area contributed by atoms with Gasteiger partial charge in [-0.25, -0.2) is 9.78 Å². The monoisotopic (exact) mass is 613 g/mol. The number of nitrogens with zero attached hydrogens (tertiary/aromatic N) is 3. The number of likely N-dealkylation sites (N-methyl/N-ethyl adjacent to an activating group) is 1. The molecule has 1 saturated heterocycles. The Morgan fingerprint density at radius 1 is 1.02 bits per heavy atom. The van der Waals surface area contributed by atoms with Crippen molar-refractivity contribution in [1.29, 1.82) is 0 Å². The molecular formula is C31H31ClF3N5O3. The van der Waals surface area contributed by atoms with Crippen molar-refractivity contribution in [3.8, 4) is 0 Å². The van der Waals surface area contributed by atoms with Crippen LogP contribution in [-0.4, -0.2) is 72.0 Å². The molecule has 226 valence electrons. The molecule has 3 heterocycles. The average Bonchev–Trinajstić information content (AvgIpc) is 3.41. The van der Waals surface area contributed by atoms with Crippen LogP contribution < -0.4 is 5.32 Å². The van der Waals surface area contributed by atoms with Crippen molar-refractivity contribution >= 4 is 40.2 Å². The van der Waals surface area contributed by atoms with Gasteiger partial charge in [-0.1, -0.05) is 17.7 Å². The molecule has 4 aromatic rings. The summed E-state index contributed by atoms with van der Waals surface area (Å²) >= 11 is 6.43. The van der Waals surface area contributed by atoms with E-state index in [0.29, 0.717) is 48.0 Å². The summed E-state index contributed by atoms with van der Waals surface area (Å²) in [6.45, 7) is 3.12. The van der Waals surface area contributed by atoms with Crippen LogP contribution in [-0.2, 0) is 30.3 Å². The molecule has 0 unspecified atom stereocenters. The molecule has 0 atom stereocenters. The number of amides is 1. The number of piperazine rings is 1. The molecule has 0 radical (unpaired) electrons. The fourth-order valence-corrected chi connectivity index (χ4v) is 5.32. The van der Waals surface area contributed by atoms with Gasteiger partial charge in [0.2, 0.25) is 0 Å². The van der Waals surface area contributed by atoms with Gasteiger partial charge in [0.15, 0.2) is 0 Å². The van der Waals surface area contributed by atoms with Crippen molar-refractivity contribution < 1.29 is 27.5 Å². The maximum Gasteiger partial charge on any atom is 0.416 e. The van der Waals surface area contributed by atoms with Crippen LogP contribution in [0.15, 0.2) is 54.7 Å². The third-order valence-corrected chi connectivity index (χ3v) is 7.95. The summed E-state index contributed by atoms with van der Waals surface area (Å²) in [5.41, 5.74) is 2.21. The van der Waals surface area contributed by atoms with Gasteiger partial charge in [0.05, 0.1) is 12.7 Å². The molecule has 1 amide bonds. The Morgan fingerprint density at radius 3 is 2.51 bits per heavy atom. The van der Waals surface area contributed by atoms with E-state index in [1.165, 1.54) is 19.2 Å². The van der Waals surface area contributed by atoms with Gasteiger partial charge in [0, 0.05) is 60.6 Å². The topological polar surface area (TPSA) is 90.6 Å². The first kappa shape index (κ1) is 30.5. The second kappa shape index (κ2) is 12.7. The number of hydrogen-bond donors (Lipinski definition) is 2. The molecule has 12 heteroatoms. The molecule has 2 aromatic heterocycles. The number of carbonyl (C=O) groups excluding carboxylic acids is 2. The van der Waals surface area contributed by atoms with E-state index < -0.39 is 23.6 Å². The standard InChI is InChI=1S/C31H31ClF3N5O3/c1-39-9-11-40(12-10-39)18-22-6-5-21(15-25(22)31(33,34)35)29(41)37-24-7-8-26(32)20(14-24)4-3-19-13-23-16-27(30(42)43-2)38-28(23)36-17-19/h5-8,13-17H,3-4,9-12,18H2,1-2H3,(H,36,38)(H,37,41). The lowest BCUT2D eigenvalue weighted by molar-refractivity contribution is -0.138. The Kier molecular flexibility index (Phi) is 9.05. The van der Waals surface area contributed by atoms with E-state index in [9.17, 15) is 22.8 Å². The van der Waals surface area contributed by atoms with Gasteiger partial charge >= 0.3 is 12.1 Å². The molecule has 0 aliphatic carbocycles. The van der Waals surface area contributed by atoms with Crippen molar-refractivity contribution in [3.05, 3.63) is 93.3 Å². The number of aromatic amines is 1. The van der Waals surface area contributed by atoms with Crippen LogP contribution in [0.25, 0.3) is 11.0 Å². The molecule has 8 nitrogen and oxygen atoms in total. The number of benzene rings is 2. The summed E-state index contributed by atoms with van der Waals surface area (Å²) in [6.07, 6.45) is -1.80. The number of methoxy groups -OCH3 is 1. The summed E-state index contributed by atoms with van der Waals surface area (Å²) in [7, 11) is 3.29. The zero-order valence-electron chi connectivity index (χ0n) is 23.7. The summed E-state index contributed by atoms with van der Waals surface area (Å²) in [4.78, 5) is 36.2. The quantitative estimate of drug-likeness (QED) is 0.244. The molecule has 43 heavy (non-hydrogen) atoms. The van der Waals surface area contributed by atoms with Gasteiger partial charge in [0.1, 0.15) is 11.3 Å². The minimum Gasteiger partial charge on any atom is -0.464 e. The van der Waals surface area contributed by atoms with Gasteiger partial charge in [-0.05, 0) is 79.0 Å². The lowest BCUT2D eigenvalue weighted by Crippen LogP contribution is -2.44. The first-order chi connectivity index (χ1) is 20.5. The normalized spacial score (nSPS) is 14.7. The van der Waals surface area contributed by atoms with E-state index in [4.69, 9.17) is 16.3 Å². The predicted molar refractivity (Wildman–Crippen MR) is 158 cm³/mol. The van der Waals surface area contributed by atoms with E-state index in [1.54, 1.807) is 30.5 Å². The Balaban J connectivity index is 1.27. The van der Waals surface area contributed by atoms with Crippen LogP contribution in [0.1, 0.15) is 43.1 Å². The van der Waals surface area contributed by atoms with Crippen molar-refractivity contribution in [1.82, 2.24) is 19.8 Å². The average molecular weight is 614 g/mol. The largest absolute Gasteiger partial charge is 0.464 e. The first-order valence-corrected chi connectivity index (χ1v) is 14.1. The zero-order valence-corrected chi connectivity index (χ0v) is 24.5. The molecule has 2 aromatic carbocycles. The molecule has 0 spiro atoms. The van der Waals surface area contributed by atoms with E-state index >= 15 is 0 Å². The second-order valence-electron chi connectivity index (χ2n) is 10.7. The number of aromatic nitrogens is 2. The van der Waals surface area contributed by atoms with Gasteiger partial charge in [-0.3, -0.25) is 9.69 Å². The lowest BCUT2D eigenvalue weighted by Gasteiger charge is -2.33. The molecular weight excluding hydrogens is 583 g/mol. The van der Waals surface area contributed by atoms with Gasteiger partial charge in [-0.15, -0.1) is 0 Å². The third kappa shape index (κ3) is 7.35. The van der Waals surface area contributed by atoms with Crippen molar-refractivity contribution in [2.24, 2.45) is 0 Å². The zero-order chi connectivity index (χ0) is 30.7. The number of alkyl halides is 3. The van der Waals surface area contributed by atoms with Crippen LogP contribution in [0.5, 0.6) is 0 Å². The number of esters is 1. The van der Waals surface area contributed by atoms with E-state index in [1.807, 2.05) is 18.0 Å². The highest BCUT2D eigenvalue weighted by Gasteiger charge is 2.34. The summed E-state index contributed by atoms with van der Waals surface area (Å²) in [5.74, 6) is -1.13. The maximum absolute atomic E-state index is 14.0. The second-order valence-corrected chi connectivity index (χ2v) is 11.1. The van der Waals surface area contributed by atoms with Gasteiger partial charge in [0.25, 0.3) is 5.91 Å². The fourth-order valence-electron chi connectivity index (χ4n) is 5.11. The highest BCUT2D eigenvalue weighted by Crippen LogP contribution is 2.34. The van der Waals surface area contributed by atoms with Crippen LogP contribution in [0.3, 0.4) is 0 Å². The summed E-state index contributed by atoms with van der Waals surface area (Å²) in [6, 6.07) is 12.3. The maximum atomic E-state index is 14.0. The minimum absolute atomic E-state index is 0.0804. The van der Waals surface area contributed by atoms with E-state index in [2.05, 4.69) is 20.2 Å². The number of rotatable bonds is 8. The molecule has 5 rings (SSSR count). The van der Waals surface area contributed by atoms with Gasteiger partial charge in [-0.2, -0.15) is 13.2 Å². The van der Waals surface area contributed by atoms with Crippen LogP contribution in [0.4, 0.5) is 18.9 Å². The van der Waals surface area contributed by atoms with Crippen LogP contribution in [0, 0.1) is 0 Å². The smallest absolute Gasteiger partial charge is 0.416 e. The number of halogens is 4. The summed E-state index contributed by atoms with van der Waals surface area (Å²) in [5, 5.41) is 3.97. The number of H-pyrrole nitrogens is 1. The molecule has 0 bridgehead atoms. The Morgan fingerprint density at radius 2 is 1.79 bits per heavy atom. The van der Waals surface area contributed by atoms with Crippen LogP contribution in [0.2, 0.25) is 5.02 Å². The number of pyridine rings is 1. The Bertz CT molecular complexity index is 1650. The molecule has 1 aliphatic heterocycles.